The van der Waals surface area contributed by atoms with E-state index >= 15 is 0 Å². The number of fused-ring (bicyclic) bond motifs is 2. The molecule has 0 unspecified atom stereocenters. The van der Waals surface area contributed by atoms with Crippen molar-refractivity contribution in [2.24, 2.45) is 0 Å². The van der Waals surface area contributed by atoms with E-state index in [4.69, 9.17) is 9.97 Å². The smallest absolute Gasteiger partial charge is 1.00 e. The fourth-order valence-corrected chi connectivity index (χ4v) is 4.74. The van der Waals surface area contributed by atoms with Crippen molar-refractivity contribution >= 4 is 31.1 Å². The van der Waals surface area contributed by atoms with Crippen molar-refractivity contribution in [1.82, 2.24) is 19.1 Å². The zero-order valence-electron chi connectivity index (χ0n) is 15.0. The average molecular weight is 472 g/mol. The summed E-state index contributed by atoms with van der Waals surface area (Å²) in [5, 5.41) is 0. The molecule has 0 N–H and O–H groups in total. The van der Waals surface area contributed by atoms with Gasteiger partial charge in [0.2, 0.25) is 0 Å². The fraction of sp³-hybridized carbons (Fsp3) is 0.100. The molecule has 0 aliphatic heterocycles. The maximum atomic E-state index is 4.88. The Bertz CT molecular complexity index is 1000. The molecule has 144 valence electrons. The molecule has 0 radical (unpaired) electrons. The maximum Gasteiger partial charge on any atom is -1.00 e. The predicted molar refractivity (Wildman–Crippen MR) is 99.1 cm³/mol. The Balaban J connectivity index is 0.00000131. The van der Waals surface area contributed by atoms with Gasteiger partial charge >= 0.3 is 153 Å². The van der Waals surface area contributed by atoms with Crippen molar-refractivity contribution in [3.8, 4) is 0 Å². The van der Waals surface area contributed by atoms with Gasteiger partial charge in [0.1, 0.15) is 0 Å². The number of nitrogens with zero attached hydrogens (tertiary/aromatic N) is 4. The standard InChI is InChI=1S/2C10H9N2.3ClH.V/c2*1-2-7-12-8-11-9-5-3-4-6-10(9)12;;;;/h2*2-6H,1,7H2;3*1H;/q;;;;;+3/p-3. The molecule has 4 nitrogen and oxygen atoms in total. The minimum atomic E-state index is -0.351. The molecule has 0 saturated carbocycles. The first-order valence-electron chi connectivity index (χ1n) is 8.16. The average Bonchev–Trinajstić information content (AvgIpc) is 3.15. The topological polar surface area (TPSA) is 35.6 Å². The fourth-order valence-electron chi connectivity index (χ4n) is 3.00. The zero-order valence-corrected chi connectivity index (χ0v) is 18.6. The van der Waals surface area contributed by atoms with Gasteiger partial charge < -0.3 is 37.2 Å². The third-order valence-corrected chi connectivity index (χ3v) is 5.78. The quantitative estimate of drug-likeness (QED) is 0.263. The van der Waals surface area contributed by atoms with Crippen LogP contribution in [0.1, 0.15) is 0 Å². The summed E-state index contributed by atoms with van der Waals surface area (Å²) in [5.41, 5.74) is 4.36. The van der Waals surface area contributed by atoms with Crippen LogP contribution in [0, 0.1) is 0 Å². The molecule has 8 heteroatoms. The number of rotatable bonds is 6. The van der Waals surface area contributed by atoms with Crippen molar-refractivity contribution in [3.63, 3.8) is 0 Å². The van der Waals surface area contributed by atoms with E-state index in [0.717, 1.165) is 44.2 Å². The third kappa shape index (κ3) is 4.48. The number of aromatic nitrogens is 4. The van der Waals surface area contributed by atoms with E-state index in [9.17, 15) is 0 Å². The summed E-state index contributed by atoms with van der Waals surface area (Å²) >= 11 is -0.351. The Hall–Kier alpha value is -1.69. The van der Waals surface area contributed by atoms with Crippen LogP contribution in [0.15, 0.2) is 73.8 Å². The molecular formula is C20H18Cl3N4V. The summed E-state index contributed by atoms with van der Waals surface area (Å²) in [6.45, 7) is 9.31. The molecule has 0 spiro atoms. The molecule has 0 aliphatic rings. The van der Waals surface area contributed by atoms with Gasteiger partial charge in [0, 0.05) is 0 Å². The number of halogens is 3. The van der Waals surface area contributed by atoms with Crippen LogP contribution in [0.25, 0.3) is 22.1 Å². The number of hydrogen-bond acceptors (Lipinski definition) is 2. The number of allylic oxidation sites excluding steroid dienone is 2. The molecule has 4 aromatic rings. The van der Waals surface area contributed by atoms with Crippen molar-refractivity contribution in [1.29, 1.82) is 0 Å². The van der Waals surface area contributed by atoms with Gasteiger partial charge in [-0.25, -0.2) is 0 Å². The van der Waals surface area contributed by atoms with Gasteiger partial charge in [-0.2, -0.15) is 0 Å². The summed E-state index contributed by atoms with van der Waals surface area (Å²) in [5.74, 6) is 0. The molecule has 0 amide bonds. The van der Waals surface area contributed by atoms with Crippen LogP contribution >= 0.6 is 0 Å². The second-order valence-electron chi connectivity index (χ2n) is 5.71. The van der Waals surface area contributed by atoms with Gasteiger partial charge in [-0.15, -0.1) is 0 Å². The predicted octanol–water partition coefficient (Wildman–Crippen LogP) is -6.20. The number of para-hydroxylation sites is 4. The van der Waals surface area contributed by atoms with Gasteiger partial charge in [-0.3, -0.25) is 0 Å². The molecule has 0 saturated heterocycles. The van der Waals surface area contributed by atoms with E-state index in [-0.39, 0.29) is 53.5 Å². The second-order valence-corrected chi connectivity index (χ2v) is 7.31. The molecule has 0 atom stereocenters. The monoisotopic (exact) mass is 470 g/mol. The van der Waals surface area contributed by atoms with Gasteiger partial charge in [0.15, 0.2) is 0 Å². The Morgan fingerprint density at radius 3 is 1.50 bits per heavy atom. The normalized spacial score (nSPS) is 9.71. The Morgan fingerprint density at radius 1 is 0.714 bits per heavy atom. The molecule has 2 aromatic carbocycles. The number of hydrogen-bond donors (Lipinski definition) is 0. The summed E-state index contributed by atoms with van der Waals surface area (Å²) in [4.78, 5) is 9.75. The molecule has 0 aliphatic carbocycles. The zero-order chi connectivity index (χ0) is 17.2. The Kier molecular flexibility index (Phi) is 9.35. The summed E-state index contributed by atoms with van der Waals surface area (Å²) in [6.07, 6.45) is 3.84. The Labute approximate surface area is 190 Å². The van der Waals surface area contributed by atoms with Crippen LogP contribution in [-0.4, -0.2) is 19.1 Å². The van der Waals surface area contributed by atoms with Crippen molar-refractivity contribution in [2.45, 2.75) is 13.1 Å². The summed E-state index contributed by atoms with van der Waals surface area (Å²) < 4.78 is 6.69. The second kappa shape index (κ2) is 10.7. The van der Waals surface area contributed by atoms with Crippen molar-refractivity contribution in [2.75, 3.05) is 0 Å². The van der Waals surface area contributed by atoms with Crippen LogP contribution < -0.4 is 46.3 Å². The van der Waals surface area contributed by atoms with E-state index in [1.165, 1.54) is 0 Å². The van der Waals surface area contributed by atoms with Crippen LogP contribution in [-0.2, 0) is 29.4 Å². The van der Waals surface area contributed by atoms with Crippen molar-refractivity contribution in [3.05, 3.63) is 73.8 Å². The molecule has 2 heterocycles. The SMILES string of the molecule is C=CCn1[c]([V+3][c]2nc3ccccc3n2CC=C)nc2ccccc21.[Cl-].[Cl-].[Cl-]. The molecule has 0 fully saturated rings. The van der Waals surface area contributed by atoms with Crippen LogP contribution in [0.3, 0.4) is 0 Å². The minimum Gasteiger partial charge on any atom is -1.00 e. The first kappa shape index (κ1) is 24.4. The van der Waals surface area contributed by atoms with Gasteiger partial charge in [0.25, 0.3) is 0 Å². The molecule has 28 heavy (non-hydrogen) atoms. The maximum absolute atomic E-state index is 4.88. The number of benzene rings is 2. The van der Waals surface area contributed by atoms with E-state index in [1.54, 1.807) is 0 Å². The molecule has 0 bridgehead atoms. The first-order chi connectivity index (χ1) is 12.3. The van der Waals surface area contributed by atoms with Gasteiger partial charge in [-0.1, -0.05) is 0 Å². The van der Waals surface area contributed by atoms with Crippen LogP contribution in [0.4, 0.5) is 0 Å². The molecular weight excluding hydrogens is 454 g/mol. The van der Waals surface area contributed by atoms with E-state index in [2.05, 4.69) is 58.7 Å². The van der Waals surface area contributed by atoms with E-state index in [0.29, 0.717) is 0 Å². The van der Waals surface area contributed by atoms with E-state index < -0.39 is 0 Å². The van der Waals surface area contributed by atoms with Gasteiger partial charge in [-0.05, 0) is 0 Å². The molecule has 2 aromatic heterocycles. The minimum absolute atomic E-state index is 0. The summed E-state index contributed by atoms with van der Waals surface area (Å²) in [6, 6.07) is 16.5. The number of imidazole rings is 2. The van der Waals surface area contributed by atoms with Gasteiger partial charge in [0.05, 0.1) is 0 Å². The van der Waals surface area contributed by atoms with E-state index in [1.807, 2.05) is 24.3 Å². The van der Waals surface area contributed by atoms with Crippen LogP contribution in [0.5, 0.6) is 0 Å². The summed E-state index contributed by atoms with van der Waals surface area (Å²) in [7, 11) is 0. The Morgan fingerprint density at radius 2 is 1.11 bits per heavy atom. The van der Waals surface area contributed by atoms with Crippen molar-refractivity contribution < 1.29 is 53.5 Å². The first-order valence-corrected chi connectivity index (χ1v) is 9.55. The largest absolute Gasteiger partial charge is 1.00 e. The van der Waals surface area contributed by atoms with Crippen LogP contribution in [0.2, 0.25) is 0 Å². The molecule has 4 rings (SSSR count). The third-order valence-electron chi connectivity index (χ3n) is 4.09.